The van der Waals surface area contributed by atoms with E-state index in [0.29, 0.717) is 11.5 Å². The van der Waals surface area contributed by atoms with Gasteiger partial charge in [0.05, 0.1) is 0 Å². The Morgan fingerprint density at radius 2 is 0.692 bits per heavy atom. The van der Waals surface area contributed by atoms with Crippen LogP contribution in [0.1, 0.15) is 77.6 Å². The Balaban J connectivity index is -0.000000135. The highest BCUT2D eigenvalue weighted by molar-refractivity contribution is 5.34. The van der Waals surface area contributed by atoms with Crippen molar-refractivity contribution in [3.05, 3.63) is 58.7 Å². The maximum absolute atomic E-state index is 9.04. The molecular weight excluding hydrogens is 320 g/mol. The van der Waals surface area contributed by atoms with Crippen LogP contribution in [0.3, 0.4) is 0 Å². The van der Waals surface area contributed by atoms with Gasteiger partial charge in [-0.05, 0) is 51.0 Å². The largest absolute Gasteiger partial charge is 0.508 e. The average molecular weight is 365 g/mol. The molecule has 0 saturated heterocycles. The molecule has 0 radical (unpaired) electrons. The van der Waals surface area contributed by atoms with Crippen LogP contribution >= 0.6 is 0 Å². The van der Waals surface area contributed by atoms with Crippen molar-refractivity contribution in [3.8, 4) is 11.5 Å². The van der Waals surface area contributed by atoms with E-state index >= 15 is 0 Å². The van der Waals surface area contributed by atoms with Crippen molar-refractivity contribution < 1.29 is 10.2 Å². The summed E-state index contributed by atoms with van der Waals surface area (Å²) in [6.45, 7) is 23.8. The van der Waals surface area contributed by atoms with Crippen LogP contribution in [0.2, 0.25) is 0 Å². The lowest BCUT2D eigenvalue weighted by Crippen LogP contribution is -1.75. The predicted molar refractivity (Wildman–Crippen MR) is 121 cm³/mol. The highest BCUT2D eigenvalue weighted by Gasteiger charge is 1.92. The third-order valence-corrected chi connectivity index (χ3v) is 2.70. The fourth-order valence-electron chi connectivity index (χ4n) is 1.61. The Bertz CT molecular complexity index is 482. The summed E-state index contributed by atoms with van der Waals surface area (Å²) in [7, 11) is 0. The Morgan fingerprint density at radius 1 is 0.462 bits per heavy atom. The number of aromatic hydroxyl groups is 2. The molecule has 0 atom stereocenters. The Kier molecular flexibility index (Phi) is 28.2. The summed E-state index contributed by atoms with van der Waals surface area (Å²) in [6, 6.07) is 11.1. The van der Waals surface area contributed by atoms with Crippen LogP contribution in [0.5, 0.6) is 11.5 Å². The molecule has 2 rings (SSSR count). The van der Waals surface area contributed by atoms with Gasteiger partial charge in [-0.25, -0.2) is 0 Å². The topological polar surface area (TPSA) is 40.5 Å². The molecule has 0 fully saturated rings. The zero-order valence-electron chi connectivity index (χ0n) is 19.4. The van der Waals surface area contributed by atoms with Crippen molar-refractivity contribution >= 4 is 0 Å². The van der Waals surface area contributed by atoms with Gasteiger partial charge in [-0.1, -0.05) is 90.8 Å². The third kappa shape index (κ3) is 16.9. The van der Waals surface area contributed by atoms with Crippen molar-refractivity contribution in [1.29, 1.82) is 0 Å². The molecule has 0 aliphatic rings. The first kappa shape index (κ1) is 31.8. The lowest BCUT2D eigenvalue weighted by molar-refractivity contribution is 0.470. The zero-order chi connectivity index (χ0) is 21.7. The lowest BCUT2D eigenvalue weighted by Gasteiger charge is -1.97. The second-order valence-electron chi connectivity index (χ2n) is 4.58. The van der Waals surface area contributed by atoms with E-state index in [1.807, 2.05) is 107 Å². The van der Waals surface area contributed by atoms with E-state index in [2.05, 4.69) is 0 Å². The Labute approximate surface area is 163 Å². The van der Waals surface area contributed by atoms with Crippen LogP contribution < -0.4 is 0 Å². The van der Waals surface area contributed by atoms with Gasteiger partial charge in [0.2, 0.25) is 0 Å². The Morgan fingerprint density at radius 3 is 0.846 bits per heavy atom. The first-order valence-electron chi connectivity index (χ1n) is 9.92. The maximum Gasteiger partial charge on any atom is 0.118 e. The molecule has 0 heterocycles. The second-order valence-corrected chi connectivity index (χ2v) is 4.58. The SMILES string of the molecule is CC.CC.CC.CC.Cc1ccc(O)c(C)c1.Cc1ccc(O)c(C)c1. The van der Waals surface area contributed by atoms with Gasteiger partial charge in [-0.2, -0.15) is 0 Å². The molecule has 2 nitrogen and oxygen atoms in total. The van der Waals surface area contributed by atoms with E-state index in [1.165, 1.54) is 11.1 Å². The van der Waals surface area contributed by atoms with Gasteiger partial charge in [0, 0.05) is 0 Å². The van der Waals surface area contributed by atoms with Crippen LogP contribution in [-0.2, 0) is 0 Å². The van der Waals surface area contributed by atoms with Crippen LogP contribution in [0.15, 0.2) is 36.4 Å². The van der Waals surface area contributed by atoms with Gasteiger partial charge in [0.1, 0.15) is 11.5 Å². The first-order valence-corrected chi connectivity index (χ1v) is 9.92. The molecule has 2 aromatic rings. The summed E-state index contributed by atoms with van der Waals surface area (Å²) in [5.41, 5.74) is 4.25. The van der Waals surface area contributed by atoms with E-state index in [-0.39, 0.29) is 0 Å². The van der Waals surface area contributed by atoms with Crippen molar-refractivity contribution in [2.24, 2.45) is 0 Å². The first-order chi connectivity index (χ1) is 12.4. The normalized spacial score (nSPS) is 7.54. The van der Waals surface area contributed by atoms with Gasteiger partial charge >= 0.3 is 0 Å². The fraction of sp³-hybridized carbons (Fsp3) is 0.500. The molecule has 2 heteroatoms. The van der Waals surface area contributed by atoms with E-state index < -0.39 is 0 Å². The van der Waals surface area contributed by atoms with Crippen LogP contribution in [-0.4, -0.2) is 10.2 Å². The van der Waals surface area contributed by atoms with Crippen LogP contribution in [0.25, 0.3) is 0 Å². The van der Waals surface area contributed by atoms with Gasteiger partial charge < -0.3 is 10.2 Å². The molecule has 0 spiro atoms. The molecule has 0 unspecified atom stereocenters. The molecule has 0 bridgehead atoms. The highest BCUT2D eigenvalue weighted by atomic mass is 16.3. The van der Waals surface area contributed by atoms with E-state index in [1.54, 1.807) is 12.1 Å². The summed E-state index contributed by atoms with van der Waals surface area (Å²) >= 11 is 0. The fourth-order valence-corrected chi connectivity index (χ4v) is 1.61. The van der Waals surface area contributed by atoms with E-state index in [0.717, 1.165) is 11.1 Å². The predicted octanol–water partition coefficient (Wildman–Crippen LogP) is 8.12. The Hall–Kier alpha value is -1.96. The number of rotatable bonds is 0. The number of hydrogen-bond acceptors (Lipinski definition) is 2. The number of phenolic OH excluding ortho intramolecular Hbond substituents is 2. The van der Waals surface area contributed by atoms with Gasteiger partial charge in [0.25, 0.3) is 0 Å². The number of phenols is 2. The third-order valence-electron chi connectivity index (χ3n) is 2.70. The van der Waals surface area contributed by atoms with E-state index in [9.17, 15) is 0 Å². The summed E-state index contributed by atoms with van der Waals surface area (Å²) in [5.74, 6) is 0.751. The summed E-state index contributed by atoms with van der Waals surface area (Å²) in [4.78, 5) is 0. The lowest BCUT2D eigenvalue weighted by atomic mass is 10.1. The molecule has 2 aromatic carbocycles. The van der Waals surface area contributed by atoms with E-state index in [4.69, 9.17) is 10.2 Å². The second kappa shape index (κ2) is 23.0. The molecular formula is C24H44O2. The van der Waals surface area contributed by atoms with Crippen LogP contribution in [0, 0.1) is 27.7 Å². The molecule has 2 N–H and O–H groups in total. The minimum absolute atomic E-state index is 0.376. The summed E-state index contributed by atoms with van der Waals surface area (Å²) in [6.07, 6.45) is 0. The molecule has 0 saturated carbocycles. The molecule has 0 aromatic heterocycles. The zero-order valence-corrected chi connectivity index (χ0v) is 19.4. The minimum Gasteiger partial charge on any atom is -0.508 e. The molecule has 0 aliphatic carbocycles. The molecule has 152 valence electrons. The summed E-state index contributed by atoms with van der Waals surface area (Å²) in [5, 5.41) is 18.1. The van der Waals surface area contributed by atoms with Crippen molar-refractivity contribution in [3.63, 3.8) is 0 Å². The number of aryl methyl sites for hydroxylation is 4. The van der Waals surface area contributed by atoms with Gasteiger partial charge in [-0.15, -0.1) is 0 Å². The average Bonchev–Trinajstić information content (AvgIpc) is 2.69. The van der Waals surface area contributed by atoms with Gasteiger partial charge in [-0.3, -0.25) is 0 Å². The molecule has 0 aliphatic heterocycles. The van der Waals surface area contributed by atoms with Gasteiger partial charge in [0.15, 0.2) is 0 Å². The quantitative estimate of drug-likeness (QED) is 0.495. The van der Waals surface area contributed by atoms with Crippen molar-refractivity contribution in [2.45, 2.75) is 83.1 Å². The minimum atomic E-state index is 0.376. The summed E-state index contributed by atoms with van der Waals surface area (Å²) < 4.78 is 0. The maximum atomic E-state index is 9.04. The smallest absolute Gasteiger partial charge is 0.118 e. The van der Waals surface area contributed by atoms with Crippen molar-refractivity contribution in [2.75, 3.05) is 0 Å². The molecule has 26 heavy (non-hydrogen) atoms. The van der Waals surface area contributed by atoms with Crippen molar-refractivity contribution in [1.82, 2.24) is 0 Å². The number of hydrogen-bond donors (Lipinski definition) is 2. The standard InChI is InChI=1S/2C8H10O.4C2H6/c2*1-6-3-4-8(9)7(2)5-6;4*1-2/h2*3-5,9H,1-2H3;4*1-2H3. The number of benzene rings is 2. The van der Waals surface area contributed by atoms with Crippen LogP contribution in [0.4, 0.5) is 0 Å². The monoisotopic (exact) mass is 364 g/mol. The highest BCUT2D eigenvalue weighted by Crippen LogP contribution is 2.16. The molecule has 0 amide bonds.